The SMILES string of the molecule is COc1ccc([C@H]2Sc3cc(C)ccc3N(CCN(C)C)C(=O)[C@H]2O)cc1. The third-order valence-electron chi connectivity index (χ3n) is 4.68. The smallest absolute Gasteiger partial charge is 0.257 e. The minimum Gasteiger partial charge on any atom is -0.497 e. The van der Waals surface area contributed by atoms with Gasteiger partial charge in [0.1, 0.15) is 11.9 Å². The molecule has 1 aliphatic heterocycles. The average molecular weight is 387 g/mol. The Balaban J connectivity index is 2.01. The molecule has 5 nitrogen and oxygen atoms in total. The molecule has 2 aromatic rings. The van der Waals surface area contributed by atoms with E-state index < -0.39 is 6.10 Å². The molecule has 0 spiro atoms. The highest BCUT2D eigenvalue weighted by Crippen LogP contribution is 2.46. The molecule has 2 atom stereocenters. The molecule has 1 N–H and O–H groups in total. The van der Waals surface area contributed by atoms with Crippen molar-refractivity contribution < 1.29 is 14.6 Å². The molecule has 0 bridgehead atoms. The first-order chi connectivity index (χ1) is 12.9. The molecule has 1 amide bonds. The lowest BCUT2D eigenvalue weighted by atomic mass is 10.1. The molecular weight excluding hydrogens is 360 g/mol. The van der Waals surface area contributed by atoms with Crippen LogP contribution >= 0.6 is 11.8 Å². The van der Waals surface area contributed by atoms with Crippen molar-refractivity contribution in [2.75, 3.05) is 39.2 Å². The summed E-state index contributed by atoms with van der Waals surface area (Å²) in [6, 6.07) is 13.6. The lowest BCUT2D eigenvalue weighted by Crippen LogP contribution is -2.43. The van der Waals surface area contributed by atoms with Gasteiger partial charge in [0.05, 0.1) is 18.0 Å². The first kappa shape index (κ1) is 19.7. The van der Waals surface area contributed by atoms with Crippen LogP contribution in [0, 0.1) is 6.92 Å². The third kappa shape index (κ3) is 4.29. The largest absolute Gasteiger partial charge is 0.497 e. The summed E-state index contributed by atoms with van der Waals surface area (Å²) in [6.07, 6.45) is -1.11. The maximum absolute atomic E-state index is 13.1. The number of carbonyl (C=O) groups excluding carboxylic acids is 1. The van der Waals surface area contributed by atoms with Crippen LogP contribution in [0.25, 0.3) is 0 Å². The summed E-state index contributed by atoms with van der Waals surface area (Å²) in [4.78, 5) is 17.9. The highest BCUT2D eigenvalue weighted by atomic mass is 32.2. The number of anilines is 1. The lowest BCUT2D eigenvalue weighted by molar-refractivity contribution is -0.126. The van der Waals surface area contributed by atoms with E-state index in [4.69, 9.17) is 4.74 Å². The molecule has 27 heavy (non-hydrogen) atoms. The number of fused-ring (bicyclic) bond motifs is 1. The van der Waals surface area contributed by atoms with Crippen LogP contribution in [0.5, 0.6) is 5.75 Å². The van der Waals surface area contributed by atoms with E-state index in [0.29, 0.717) is 6.54 Å². The molecule has 0 aliphatic carbocycles. The predicted molar refractivity (Wildman–Crippen MR) is 110 cm³/mol. The molecule has 0 saturated carbocycles. The fourth-order valence-electron chi connectivity index (χ4n) is 3.12. The normalized spacial score (nSPS) is 19.8. The van der Waals surface area contributed by atoms with Crippen LogP contribution < -0.4 is 9.64 Å². The number of ether oxygens (including phenoxy) is 1. The number of amides is 1. The van der Waals surface area contributed by atoms with Crippen molar-refractivity contribution in [2.45, 2.75) is 23.2 Å². The molecule has 144 valence electrons. The zero-order valence-corrected chi connectivity index (χ0v) is 17.0. The summed E-state index contributed by atoms with van der Waals surface area (Å²) >= 11 is 1.54. The van der Waals surface area contributed by atoms with Crippen molar-refractivity contribution in [3.05, 3.63) is 53.6 Å². The Kier molecular flexibility index (Phi) is 6.09. The number of methoxy groups -OCH3 is 1. The van der Waals surface area contributed by atoms with Gasteiger partial charge in [0.25, 0.3) is 5.91 Å². The number of aliphatic hydroxyl groups is 1. The van der Waals surface area contributed by atoms with Gasteiger partial charge >= 0.3 is 0 Å². The standard InChI is InChI=1S/C21H26N2O3S/c1-14-5-10-17-18(13-14)27-20(15-6-8-16(26-4)9-7-15)19(24)21(25)23(17)12-11-22(2)3/h5-10,13,19-20,24H,11-12H2,1-4H3/t19-,20+/m0/s1. The third-order valence-corrected chi connectivity index (χ3v) is 6.05. The molecule has 0 fully saturated rings. The number of thioether (sulfide) groups is 1. The summed E-state index contributed by atoms with van der Waals surface area (Å²) in [5.41, 5.74) is 2.90. The summed E-state index contributed by atoms with van der Waals surface area (Å²) in [5.74, 6) is 0.495. The minimum atomic E-state index is -1.11. The van der Waals surface area contributed by atoms with Gasteiger partial charge in [-0.2, -0.15) is 0 Å². The zero-order chi connectivity index (χ0) is 19.6. The highest BCUT2D eigenvalue weighted by Gasteiger charge is 2.37. The molecule has 0 aromatic heterocycles. The average Bonchev–Trinajstić information content (AvgIpc) is 2.75. The predicted octanol–water partition coefficient (Wildman–Crippen LogP) is 3.11. The molecule has 1 aliphatic rings. The number of benzene rings is 2. The van der Waals surface area contributed by atoms with E-state index in [1.165, 1.54) is 0 Å². The van der Waals surface area contributed by atoms with Crippen LogP contribution in [0.3, 0.4) is 0 Å². The van der Waals surface area contributed by atoms with Crippen LogP contribution in [-0.2, 0) is 4.79 Å². The Bertz CT molecular complexity index is 808. The Labute approximate surface area is 164 Å². The molecular formula is C21H26N2O3S. The number of likely N-dealkylation sites (N-methyl/N-ethyl adjacent to an activating group) is 1. The summed E-state index contributed by atoms with van der Waals surface area (Å²) in [5, 5.41) is 10.6. The van der Waals surface area contributed by atoms with Gasteiger partial charge < -0.3 is 19.6 Å². The Morgan fingerprint density at radius 3 is 2.52 bits per heavy atom. The van der Waals surface area contributed by atoms with Crippen molar-refractivity contribution >= 4 is 23.4 Å². The van der Waals surface area contributed by atoms with E-state index in [1.54, 1.807) is 23.8 Å². The zero-order valence-electron chi connectivity index (χ0n) is 16.2. The van der Waals surface area contributed by atoms with Gasteiger partial charge in [0.2, 0.25) is 0 Å². The Hall–Kier alpha value is -2.02. The van der Waals surface area contributed by atoms with Crippen molar-refractivity contribution in [3.63, 3.8) is 0 Å². The number of carbonyl (C=O) groups is 1. The fraction of sp³-hybridized carbons (Fsp3) is 0.381. The number of hydrogen-bond acceptors (Lipinski definition) is 5. The van der Waals surface area contributed by atoms with Crippen LogP contribution in [0.2, 0.25) is 0 Å². The van der Waals surface area contributed by atoms with E-state index in [9.17, 15) is 9.90 Å². The number of aryl methyl sites for hydroxylation is 1. The number of hydrogen-bond donors (Lipinski definition) is 1. The van der Waals surface area contributed by atoms with Gasteiger partial charge in [0, 0.05) is 18.0 Å². The summed E-state index contributed by atoms with van der Waals surface area (Å²) < 4.78 is 5.22. The van der Waals surface area contributed by atoms with Gasteiger partial charge in [-0.25, -0.2) is 0 Å². The van der Waals surface area contributed by atoms with Gasteiger partial charge in [-0.3, -0.25) is 4.79 Å². The van der Waals surface area contributed by atoms with Crippen LogP contribution in [0.15, 0.2) is 47.4 Å². The van der Waals surface area contributed by atoms with Gasteiger partial charge in [-0.15, -0.1) is 11.8 Å². The van der Waals surface area contributed by atoms with Crippen molar-refractivity contribution in [1.82, 2.24) is 4.90 Å². The van der Waals surface area contributed by atoms with E-state index >= 15 is 0 Å². The summed E-state index contributed by atoms with van der Waals surface area (Å²) in [7, 11) is 5.57. The monoisotopic (exact) mass is 386 g/mol. The molecule has 0 radical (unpaired) electrons. The van der Waals surface area contributed by atoms with Crippen molar-refractivity contribution in [3.8, 4) is 5.75 Å². The first-order valence-corrected chi connectivity index (χ1v) is 9.84. The van der Waals surface area contributed by atoms with E-state index in [1.807, 2.05) is 62.3 Å². The second-order valence-corrected chi connectivity index (χ2v) is 8.20. The molecule has 1 heterocycles. The topological polar surface area (TPSA) is 53.0 Å². The van der Waals surface area contributed by atoms with Gasteiger partial charge in [0.15, 0.2) is 0 Å². The molecule has 0 saturated heterocycles. The second-order valence-electron chi connectivity index (χ2n) is 7.02. The van der Waals surface area contributed by atoms with Crippen LogP contribution in [-0.4, -0.2) is 56.3 Å². The molecule has 6 heteroatoms. The van der Waals surface area contributed by atoms with Crippen molar-refractivity contribution in [1.29, 1.82) is 0 Å². The Morgan fingerprint density at radius 1 is 1.19 bits per heavy atom. The van der Waals surface area contributed by atoms with Gasteiger partial charge in [-0.1, -0.05) is 18.2 Å². The number of rotatable bonds is 5. The number of nitrogens with zero attached hydrogens (tertiary/aromatic N) is 2. The second kappa shape index (κ2) is 8.33. The molecule has 2 aromatic carbocycles. The van der Waals surface area contributed by atoms with E-state index in [0.717, 1.165) is 34.0 Å². The first-order valence-electron chi connectivity index (χ1n) is 8.96. The molecule has 0 unspecified atom stereocenters. The van der Waals surface area contributed by atoms with E-state index in [2.05, 4.69) is 6.07 Å². The van der Waals surface area contributed by atoms with Crippen LogP contribution in [0.4, 0.5) is 5.69 Å². The number of aliphatic hydroxyl groups excluding tert-OH is 1. The van der Waals surface area contributed by atoms with Gasteiger partial charge in [-0.05, 0) is 56.4 Å². The Morgan fingerprint density at radius 2 is 1.89 bits per heavy atom. The molecule has 3 rings (SSSR count). The lowest BCUT2D eigenvalue weighted by Gasteiger charge is -2.26. The van der Waals surface area contributed by atoms with Crippen LogP contribution in [0.1, 0.15) is 16.4 Å². The highest BCUT2D eigenvalue weighted by molar-refractivity contribution is 7.99. The summed E-state index contributed by atoms with van der Waals surface area (Å²) in [6.45, 7) is 3.30. The maximum atomic E-state index is 13.1. The van der Waals surface area contributed by atoms with Crippen molar-refractivity contribution in [2.24, 2.45) is 0 Å². The minimum absolute atomic E-state index is 0.257. The maximum Gasteiger partial charge on any atom is 0.257 e. The fourth-order valence-corrected chi connectivity index (χ4v) is 4.49. The quantitative estimate of drug-likeness (QED) is 0.856. The van der Waals surface area contributed by atoms with E-state index in [-0.39, 0.29) is 11.2 Å².